The van der Waals surface area contributed by atoms with Crippen LogP contribution in [0.5, 0.6) is 0 Å². The summed E-state index contributed by atoms with van der Waals surface area (Å²) in [4.78, 5) is 49.0. The van der Waals surface area contributed by atoms with E-state index in [1.54, 1.807) is 18.2 Å². The summed E-state index contributed by atoms with van der Waals surface area (Å²) >= 11 is 0. The second kappa shape index (κ2) is 5.34. The first kappa shape index (κ1) is 14.4. The second-order valence-corrected chi connectivity index (χ2v) is 5.26. The van der Waals surface area contributed by atoms with Crippen LogP contribution in [0.2, 0.25) is 0 Å². The number of carbonyl (C=O) groups excluding carboxylic acids is 4. The van der Waals surface area contributed by atoms with E-state index in [1.807, 2.05) is 0 Å². The van der Waals surface area contributed by atoms with Gasteiger partial charge in [0, 0.05) is 13.5 Å². The number of imide groups is 2. The minimum Gasteiger partial charge on any atom is -0.380 e. The first-order chi connectivity index (χ1) is 10.5. The van der Waals surface area contributed by atoms with Crippen LogP contribution in [-0.2, 0) is 20.9 Å². The molecule has 1 unspecified atom stereocenters. The van der Waals surface area contributed by atoms with Crippen molar-refractivity contribution in [2.45, 2.75) is 25.5 Å². The molecule has 7 nitrogen and oxygen atoms in total. The standard InChI is InChI=1S/C15H14N2O5/c1-22-7-8-2-3-9-10(6-8)15(21)17(14(9)20)11-4-5-12(18)16-13(11)19/h2-3,6,11H,4-5,7H2,1H3,(H,16,18,19). The summed E-state index contributed by atoms with van der Waals surface area (Å²) in [5, 5.41) is 2.16. The first-order valence-corrected chi connectivity index (χ1v) is 6.86. The van der Waals surface area contributed by atoms with Gasteiger partial charge in [0.25, 0.3) is 11.8 Å². The van der Waals surface area contributed by atoms with Gasteiger partial charge >= 0.3 is 0 Å². The van der Waals surface area contributed by atoms with Gasteiger partial charge in [-0.3, -0.25) is 29.4 Å². The van der Waals surface area contributed by atoms with Gasteiger partial charge in [0.15, 0.2) is 0 Å². The van der Waals surface area contributed by atoms with Crippen LogP contribution >= 0.6 is 0 Å². The van der Waals surface area contributed by atoms with Gasteiger partial charge in [0.1, 0.15) is 6.04 Å². The third-order valence-electron chi connectivity index (χ3n) is 3.82. The van der Waals surface area contributed by atoms with Gasteiger partial charge in [0.05, 0.1) is 17.7 Å². The van der Waals surface area contributed by atoms with Crippen LogP contribution in [0.15, 0.2) is 18.2 Å². The molecular formula is C15H14N2O5. The van der Waals surface area contributed by atoms with E-state index in [0.717, 1.165) is 10.5 Å². The maximum Gasteiger partial charge on any atom is 0.262 e. The lowest BCUT2D eigenvalue weighted by molar-refractivity contribution is -0.136. The minimum atomic E-state index is -0.934. The predicted octanol–water partition coefficient (Wildman–Crippen LogP) is 0.234. The highest BCUT2D eigenvalue weighted by Crippen LogP contribution is 2.28. The number of carbonyl (C=O) groups is 4. The Hall–Kier alpha value is -2.54. The van der Waals surface area contributed by atoms with Crippen LogP contribution < -0.4 is 5.32 Å². The van der Waals surface area contributed by atoms with Crippen molar-refractivity contribution in [1.82, 2.24) is 10.2 Å². The van der Waals surface area contributed by atoms with E-state index in [4.69, 9.17) is 4.74 Å². The van der Waals surface area contributed by atoms with Crippen molar-refractivity contribution < 1.29 is 23.9 Å². The monoisotopic (exact) mass is 302 g/mol. The molecule has 22 heavy (non-hydrogen) atoms. The summed E-state index contributed by atoms with van der Waals surface area (Å²) in [5.74, 6) is -2.01. The summed E-state index contributed by atoms with van der Waals surface area (Å²) < 4.78 is 5.01. The summed E-state index contributed by atoms with van der Waals surface area (Å²) in [6, 6.07) is 3.94. The Labute approximate surface area is 126 Å². The van der Waals surface area contributed by atoms with Gasteiger partial charge < -0.3 is 4.74 Å². The lowest BCUT2D eigenvalue weighted by Crippen LogP contribution is -2.54. The Morgan fingerprint density at radius 3 is 2.59 bits per heavy atom. The summed E-state index contributed by atoms with van der Waals surface area (Å²) in [7, 11) is 1.54. The molecule has 1 aromatic rings. The second-order valence-electron chi connectivity index (χ2n) is 5.26. The molecule has 0 bridgehead atoms. The normalized spacial score (nSPS) is 21.1. The fourth-order valence-electron chi connectivity index (χ4n) is 2.77. The molecule has 7 heteroatoms. The van der Waals surface area contributed by atoms with Crippen LogP contribution in [0, 0.1) is 0 Å². The smallest absolute Gasteiger partial charge is 0.262 e. The largest absolute Gasteiger partial charge is 0.380 e. The topological polar surface area (TPSA) is 92.8 Å². The van der Waals surface area contributed by atoms with E-state index in [1.165, 1.54) is 7.11 Å². The number of nitrogens with one attached hydrogen (secondary N) is 1. The molecular weight excluding hydrogens is 288 g/mol. The Bertz CT molecular complexity index is 697. The predicted molar refractivity (Wildman–Crippen MR) is 73.8 cm³/mol. The van der Waals surface area contributed by atoms with Gasteiger partial charge in [-0.25, -0.2) is 0 Å². The molecule has 1 N–H and O–H groups in total. The van der Waals surface area contributed by atoms with Crippen LogP contribution in [0.1, 0.15) is 39.1 Å². The molecule has 0 aliphatic carbocycles. The molecule has 1 aromatic carbocycles. The van der Waals surface area contributed by atoms with E-state index >= 15 is 0 Å². The quantitative estimate of drug-likeness (QED) is 0.807. The van der Waals surface area contributed by atoms with Gasteiger partial charge in [-0.15, -0.1) is 0 Å². The molecule has 4 amide bonds. The molecule has 114 valence electrons. The fraction of sp³-hybridized carbons (Fsp3) is 0.333. The van der Waals surface area contributed by atoms with Gasteiger partial charge in [-0.2, -0.15) is 0 Å². The number of piperidine rings is 1. The number of fused-ring (bicyclic) bond motifs is 1. The Kier molecular flexibility index (Phi) is 3.50. The van der Waals surface area contributed by atoms with E-state index in [-0.39, 0.29) is 29.9 Å². The zero-order valence-corrected chi connectivity index (χ0v) is 11.9. The third kappa shape index (κ3) is 2.19. The Balaban J connectivity index is 1.93. The fourth-order valence-corrected chi connectivity index (χ4v) is 2.77. The minimum absolute atomic E-state index is 0.110. The number of nitrogens with zero attached hydrogens (tertiary/aromatic N) is 1. The van der Waals surface area contributed by atoms with E-state index in [9.17, 15) is 19.2 Å². The van der Waals surface area contributed by atoms with Crippen molar-refractivity contribution in [3.63, 3.8) is 0 Å². The average molecular weight is 302 g/mol. The number of hydrogen-bond acceptors (Lipinski definition) is 5. The van der Waals surface area contributed by atoms with E-state index in [0.29, 0.717) is 6.61 Å². The maximum atomic E-state index is 12.5. The Morgan fingerprint density at radius 2 is 1.91 bits per heavy atom. The van der Waals surface area contributed by atoms with Gasteiger partial charge in [-0.1, -0.05) is 6.07 Å². The zero-order valence-electron chi connectivity index (χ0n) is 11.9. The lowest BCUT2D eigenvalue weighted by Gasteiger charge is -2.27. The Morgan fingerprint density at radius 1 is 1.18 bits per heavy atom. The molecule has 2 heterocycles. The van der Waals surface area contributed by atoms with Crippen LogP contribution in [0.4, 0.5) is 0 Å². The lowest BCUT2D eigenvalue weighted by atomic mass is 10.0. The summed E-state index contributed by atoms with van der Waals surface area (Å²) in [6.45, 7) is 0.327. The van der Waals surface area contributed by atoms with Crippen LogP contribution in [0.3, 0.4) is 0 Å². The van der Waals surface area contributed by atoms with Crippen molar-refractivity contribution in [3.8, 4) is 0 Å². The highest BCUT2D eigenvalue weighted by Gasteiger charge is 2.44. The highest BCUT2D eigenvalue weighted by molar-refractivity contribution is 6.23. The molecule has 0 saturated carbocycles. The highest BCUT2D eigenvalue weighted by atomic mass is 16.5. The average Bonchev–Trinajstić information content (AvgIpc) is 2.72. The number of amides is 4. The summed E-state index contributed by atoms with van der Waals surface area (Å²) in [6.07, 6.45) is 0.264. The molecule has 3 rings (SSSR count). The number of methoxy groups -OCH3 is 1. The third-order valence-corrected chi connectivity index (χ3v) is 3.82. The molecule has 0 radical (unpaired) electrons. The van der Waals surface area contributed by atoms with E-state index < -0.39 is 23.8 Å². The SMILES string of the molecule is COCc1ccc2c(c1)C(=O)N(C1CCC(=O)NC1=O)C2=O. The van der Waals surface area contributed by atoms with Crippen LogP contribution in [-0.4, -0.2) is 41.7 Å². The van der Waals surface area contributed by atoms with Gasteiger partial charge in [-0.05, 0) is 24.1 Å². The number of benzene rings is 1. The molecule has 2 aliphatic heterocycles. The maximum absolute atomic E-state index is 12.5. The molecule has 0 spiro atoms. The molecule has 2 aliphatic rings. The molecule has 0 aromatic heterocycles. The van der Waals surface area contributed by atoms with Crippen molar-refractivity contribution >= 4 is 23.6 Å². The first-order valence-electron chi connectivity index (χ1n) is 6.86. The van der Waals surface area contributed by atoms with Crippen molar-refractivity contribution in [1.29, 1.82) is 0 Å². The van der Waals surface area contributed by atoms with Crippen molar-refractivity contribution in [2.75, 3.05) is 7.11 Å². The van der Waals surface area contributed by atoms with Crippen LogP contribution in [0.25, 0.3) is 0 Å². The molecule has 1 saturated heterocycles. The van der Waals surface area contributed by atoms with Gasteiger partial charge in [0.2, 0.25) is 11.8 Å². The molecule has 1 fully saturated rings. The number of ether oxygens (including phenoxy) is 1. The van der Waals surface area contributed by atoms with Crippen molar-refractivity contribution in [3.05, 3.63) is 34.9 Å². The number of rotatable bonds is 3. The summed E-state index contributed by atoms with van der Waals surface area (Å²) in [5.41, 5.74) is 1.31. The van der Waals surface area contributed by atoms with Crippen molar-refractivity contribution in [2.24, 2.45) is 0 Å². The number of hydrogen-bond donors (Lipinski definition) is 1. The van der Waals surface area contributed by atoms with E-state index in [2.05, 4.69) is 5.32 Å². The molecule has 1 atom stereocenters. The zero-order chi connectivity index (χ0) is 15.9.